The zero-order chi connectivity index (χ0) is 13.7. The number of thiocarbonyl (C=S) groups is 1. The first-order chi connectivity index (χ1) is 9.20. The topological polar surface area (TPSA) is 46.2 Å². The number of rotatable bonds is 5. The normalized spacial score (nSPS) is 10.4. The molecule has 2 aromatic heterocycles. The quantitative estimate of drug-likeness (QED) is 0.848. The van der Waals surface area contributed by atoms with Gasteiger partial charge in [0.15, 0.2) is 5.11 Å². The average Bonchev–Trinajstić information content (AvgIpc) is 3.06. The molecule has 2 heterocycles. The van der Waals surface area contributed by atoms with E-state index in [1.54, 1.807) is 6.26 Å². The predicted molar refractivity (Wildman–Crippen MR) is 77.5 cm³/mol. The van der Waals surface area contributed by atoms with Crippen LogP contribution in [0.15, 0.2) is 35.1 Å². The van der Waals surface area contributed by atoms with Crippen molar-refractivity contribution in [2.24, 2.45) is 0 Å². The fourth-order valence-electron chi connectivity index (χ4n) is 1.80. The van der Waals surface area contributed by atoms with Crippen LogP contribution in [0.25, 0.3) is 0 Å². The van der Waals surface area contributed by atoms with Gasteiger partial charge in [0.1, 0.15) is 5.76 Å². The van der Waals surface area contributed by atoms with Crippen LogP contribution in [0.4, 0.5) is 0 Å². The first kappa shape index (κ1) is 13.6. The van der Waals surface area contributed by atoms with Gasteiger partial charge in [0.2, 0.25) is 0 Å². The first-order valence-electron chi connectivity index (χ1n) is 6.22. The second-order valence-corrected chi connectivity index (χ2v) is 4.62. The van der Waals surface area contributed by atoms with E-state index in [9.17, 15) is 0 Å². The van der Waals surface area contributed by atoms with Crippen LogP contribution < -0.4 is 5.32 Å². The molecule has 5 nitrogen and oxygen atoms in total. The van der Waals surface area contributed by atoms with Crippen molar-refractivity contribution in [1.29, 1.82) is 0 Å². The van der Waals surface area contributed by atoms with Crippen molar-refractivity contribution in [3.63, 3.8) is 0 Å². The number of nitrogens with one attached hydrogen (secondary N) is 1. The monoisotopic (exact) mass is 278 g/mol. The molecular formula is C13H18N4OS. The summed E-state index contributed by atoms with van der Waals surface area (Å²) >= 11 is 5.35. The molecule has 0 aromatic carbocycles. The van der Waals surface area contributed by atoms with Gasteiger partial charge in [-0.1, -0.05) is 0 Å². The second-order valence-electron chi connectivity index (χ2n) is 4.23. The van der Waals surface area contributed by atoms with Gasteiger partial charge in [-0.05, 0) is 37.3 Å². The molecule has 0 saturated heterocycles. The second kappa shape index (κ2) is 6.38. The number of aromatic nitrogens is 2. The highest BCUT2D eigenvalue weighted by atomic mass is 32.1. The maximum atomic E-state index is 5.35. The number of hydrogen-bond donors (Lipinski definition) is 1. The summed E-state index contributed by atoms with van der Waals surface area (Å²) < 4.78 is 7.22. The molecule has 0 atom stereocenters. The summed E-state index contributed by atoms with van der Waals surface area (Å²) in [7, 11) is 1.96. The summed E-state index contributed by atoms with van der Waals surface area (Å²) in [5.74, 6) is 0.870. The van der Waals surface area contributed by atoms with E-state index in [1.165, 1.54) is 0 Å². The van der Waals surface area contributed by atoms with E-state index in [2.05, 4.69) is 17.3 Å². The molecule has 0 bridgehead atoms. The van der Waals surface area contributed by atoms with E-state index in [-0.39, 0.29) is 0 Å². The summed E-state index contributed by atoms with van der Waals surface area (Å²) in [6.07, 6.45) is 3.47. The molecule has 0 saturated carbocycles. The Balaban J connectivity index is 1.85. The zero-order valence-electron chi connectivity index (χ0n) is 11.2. The summed E-state index contributed by atoms with van der Waals surface area (Å²) in [5.41, 5.74) is 1.15. The summed E-state index contributed by atoms with van der Waals surface area (Å²) in [5, 5.41) is 8.11. The van der Waals surface area contributed by atoms with Gasteiger partial charge in [-0.15, -0.1) is 0 Å². The molecule has 19 heavy (non-hydrogen) atoms. The van der Waals surface area contributed by atoms with Crippen molar-refractivity contribution in [3.05, 3.63) is 42.1 Å². The standard InChI is InChI=1S/C13H18N4OS/c1-3-17-11(6-7-15-17)10-16(2)13(19)14-9-12-5-4-8-18-12/h4-8H,3,9-10H2,1-2H3,(H,14,19). The molecule has 0 spiro atoms. The maximum Gasteiger partial charge on any atom is 0.169 e. The molecule has 0 unspecified atom stereocenters. The minimum absolute atomic E-state index is 0.600. The zero-order valence-corrected chi connectivity index (χ0v) is 12.0. The summed E-state index contributed by atoms with van der Waals surface area (Å²) in [6.45, 7) is 4.27. The Hall–Kier alpha value is -1.82. The van der Waals surface area contributed by atoms with Crippen LogP contribution in [0.3, 0.4) is 0 Å². The molecule has 0 radical (unpaired) electrons. The summed E-state index contributed by atoms with van der Waals surface area (Å²) in [4.78, 5) is 1.99. The van der Waals surface area contributed by atoms with Crippen LogP contribution in [-0.2, 0) is 19.6 Å². The molecule has 0 aliphatic heterocycles. The molecule has 0 fully saturated rings. The molecule has 0 aliphatic carbocycles. The van der Waals surface area contributed by atoms with Crippen molar-refractivity contribution in [3.8, 4) is 0 Å². The molecular weight excluding hydrogens is 260 g/mol. The molecule has 0 amide bonds. The minimum atomic E-state index is 0.600. The smallest absolute Gasteiger partial charge is 0.169 e. The maximum absolute atomic E-state index is 5.35. The van der Waals surface area contributed by atoms with E-state index >= 15 is 0 Å². The highest BCUT2D eigenvalue weighted by Crippen LogP contribution is 2.04. The lowest BCUT2D eigenvalue weighted by atomic mass is 10.4. The van der Waals surface area contributed by atoms with Gasteiger partial charge in [0.05, 0.1) is 25.0 Å². The van der Waals surface area contributed by atoms with E-state index in [1.807, 2.05) is 41.0 Å². The van der Waals surface area contributed by atoms with E-state index in [4.69, 9.17) is 16.6 Å². The van der Waals surface area contributed by atoms with Crippen molar-refractivity contribution in [1.82, 2.24) is 20.0 Å². The van der Waals surface area contributed by atoms with Gasteiger partial charge in [0, 0.05) is 19.8 Å². The van der Waals surface area contributed by atoms with Gasteiger partial charge >= 0.3 is 0 Å². The van der Waals surface area contributed by atoms with E-state index < -0.39 is 0 Å². The SMILES string of the molecule is CCn1nccc1CN(C)C(=S)NCc1ccco1. The van der Waals surface area contributed by atoms with Gasteiger partial charge in [-0.2, -0.15) is 5.10 Å². The Kier molecular flexibility index (Phi) is 4.57. The molecule has 2 rings (SSSR count). The lowest BCUT2D eigenvalue weighted by Crippen LogP contribution is -2.36. The van der Waals surface area contributed by atoms with Crippen LogP contribution in [0.5, 0.6) is 0 Å². The highest BCUT2D eigenvalue weighted by Gasteiger charge is 2.08. The van der Waals surface area contributed by atoms with E-state index in [0.717, 1.165) is 24.5 Å². The first-order valence-corrected chi connectivity index (χ1v) is 6.63. The Labute approximate surface area is 118 Å². The minimum Gasteiger partial charge on any atom is -0.467 e. The Morgan fingerprint density at radius 3 is 3.05 bits per heavy atom. The van der Waals surface area contributed by atoms with Crippen LogP contribution in [-0.4, -0.2) is 26.8 Å². The molecule has 102 valence electrons. The number of nitrogens with zero attached hydrogens (tertiary/aromatic N) is 3. The highest BCUT2D eigenvalue weighted by molar-refractivity contribution is 7.80. The van der Waals surface area contributed by atoms with Gasteiger partial charge in [-0.25, -0.2) is 0 Å². The Bertz CT molecular complexity index is 520. The number of hydrogen-bond acceptors (Lipinski definition) is 3. The largest absolute Gasteiger partial charge is 0.467 e. The Morgan fingerprint density at radius 2 is 2.37 bits per heavy atom. The number of furan rings is 1. The van der Waals surface area contributed by atoms with Gasteiger partial charge in [0.25, 0.3) is 0 Å². The average molecular weight is 278 g/mol. The summed E-state index contributed by atoms with van der Waals surface area (Å²) in [6, 6.07) is 5.79. The molecule has 6 heteroatoms. The van der Waals surface area contributed by atoms with Crippen molar-refractivity contribution in [2.75, 3.05) is 7.05 Å². The molecule has 1 N–H and O–H groups in total. The van der Waals surface area contributed by atoms with E-state index in [0.29, 0.717) is 11.7 Å². The lowest BCUT2D eigenvalue weighted by molar-refractivity contribution is 0.448. The third-order valence-electron chi connectivity index (χ3n) is 2.84. The number of aryl methyl sites for hydroxylation is 1. The lowest BCUT2D eigenvalue weighted by Gasteiger charge is -2.21. The molecule has 2 aromatic rings. The Morgan fingerprint density at radius 1 is 1.53 bits per heavy atom. The fourth-order valence-corrected chi connectivity index (χ4v) is 1.94. The van der Waals surface area contributed by atoms with Crippen LogP contribution in [0.2, 0.25) is 0 Å². The van der Waals surface area contributed by atoms with Gasteiger partial charge < -0.3 is 14.6 Å². The van der Waals surface area contributed by atoms with Crippen molar-refractivity contribution in [2.45, 2.75) is 26.6 Å². The predicted octanol–water partition coefficient (Wildman–Crippen LogP) is 2.00. The fraction of sp³-hybridized carbons (Fsp3) is 0.385. The van der Waals surface area contributed by atoms with Crippen LogP contribution in [0, 0.1) is 0 Å². The third kappa shape index (κ3) is 3.57. The third-order valence-corrected chi connectivity index (χ3v) is 3.30. The molecule has 0 aliphatic rings. The van der Waals surface area contributed by atoms with Crippen molar-refractivity contribution >= 4 is 17.3 Å². The van der Waals surface area contributed by atoms with Crippen LogP contribution in [0.1, 0.15) is 18.4 Å². The van der Waals surface area contributed by atoms with Crippen molar-refractivity contribution < 1.29 is 4.42 Å². The van der Waals surface area contributed by atoms with Crippen LogP contribution >= 0.6 is 12.2 Å². The van der Waals surface area contributed by atoms with Gasteiger partial charge in [-0.3, -0.25) is 4.68 Å².